The summed E-state index contributed by atoms with van der Waals surface area (Å²) >= 11 is 0. The second kappa shape index (κ2) is 9.66. The maximum absolute atomic E-state index is 9.87. The first-order chi connectivity index (χ1) is 10.2. The summed E-state index contributed by atoms with van der Waals surface area (Å²) in [5, 5.41) is 9.87. The van der Waals surface area contributed by atoms with Crippen LogP contribution in [0.4, 0.5) is 0 Å². The van der Waals surface area contributed by atoms with Gasteiger partial charge in [0.1, 0.15) is 24.7 Å². The summed E-state index contributed by atoms with van der Waals surface area (Å²) in [6, 6.07) is 4.88. The monoisotopic (exact) mass is 294 g/mol. The van der Waals surface area contributed by atoms with Crippen molar-refractivity contribution in [1.29, 1.82) is 0 Å². The molecule has 0 bridgehead atoms. The number of methoxy groups -OCH3 is 1. The van der Waals surface area contributed by atoms with Gasteiger partial charge in [0.25, 0.3) is 0 Å². The summed E-state index contributed by atoms with van der Waals surface area (Å²) in [5.41, 5.74) is 3.20. The summed E-state index contributed by atoms with van der Waals surface area (Å²) in [5.74, 6) is 1.13. The van der Waals surface area contributed by atoms with E-state index in [0.717, 1.165) is 6.42 Å². The number of rotatable bonds is 8. The van der Waals surface area contributed by atoms with E-state index in [0.29, 0.717) is 30.4 Å². The Morgan fingerprint density at radius 1 is 1.38 bits per heavy atom. The van der Waals surface area contributed by atoms with Crippen LogP contribution in [0.15, 0.2) is 35.5 Å². The van der Waals surface area contributed by atoms with Gasteiger partial charge in [-0.25, -0.2) is 5.48 Å². The Labute approximate surface area is 125 Å². The lowest BCUT2D eigenvalue weighted by Crippen LogP contribution is -2.26. The van der Waals surface area contributed by atoms with Crippen molar-refractivity contribution in [1.82, 2.24) is 5.48 Å². The van der Waals surface area contributed by atoms with E-state index in [4.69, 9.17) is 14.3 Å². The van der Waals surface area contributed by atoms with Crippen molar-refractivity contribution in [3.05, 3.63) is 36.1 Å². The van der Waals surface area contributed by atoms with Crippen LogP contribution in [0.3, 0.4) is 0 Å². The standard InChI is InChI=1S/C15H22N2O4/c1-4-5-8-20-9-10-21-17-15(16-2)13-11-12(19-3)6-7-14(13)18/h5-8,11,18H,4,9-10H2,1-3H3,(H,16,17)/b8-5-. The molecule has 0 aromatic heterocycles. The third-order valence-electron chi connectivity index (χ3n) is 2.58. The molecule has 0 amide bonds. The molecule has 0 saturated heterocycles. The number of aromatic hydroxyl groups is 1. The van der Waals surface area contributed by atoms with Gasteiger partial charge in [-0.05, 0) is 24.6 Å². The average molecular weight is 294 g/mol. The van der Waals surface area contributed by atoms with Crippen LogP contribution in [0.1, 0.15) is 18.9 Å². The maximum Gasteiger partial charge on any atom is 0.156 e. The molecule has 0 unspecified atom stereocenters. The number of nitrogens with zero attached hydrogens (tertiary/aromatic N) is 1. The number of hydroxylamine groups is 1. The highest BCUT2D eigenvalue weighted by Gasteiger charge is 2.10. The minimum absolute atomic E-state index is 0.0922. The molecule has 1 aromatic carbocycles. The van der Waals surface area contributed by atoms with Crippen molar-refractivity contribution >= 4 is 5.84 Å². The summed E-state index contributed by atoms with van der Waals surface area (Å²) in [7, 11) is 3.16. The predicted octanol–water partition coefficient (Wildman–Crippen LogP) is 2.24. The minimum Gasteiger partial charge on any atom is -0.507 e. The summed E-state index contributed by atoms with van der Waals surface area (Å²) in [6.45, 7) is 2.80. The molecular formula is C15H22N2O4. The molecular weight excluding hydrogens is 272 g/mol. The smallest absolute Gasteiger partial charge is 0.156 e. The number of aliphatic imine (C=N–C) groups is 1. The van der Waals surface area contributed by atoms with Crippen LogP contribution in [0.2, 0.25) is 0 Å². The third kappa shape index (κ3) is 5.74. The van der Waals surface area contributed by atoms with E-state index >= 15 is 0 Å². The molecule has 1 rings (SSSR count). The molecule has 6 heteroatoms. The van der Waals surface area contributed by atoms with Crippen LogP contribution in [0.5, 0.6) is 11.5 Å². The molecule has 0 fully saturated rings. The largest absolute Gasteiger partial charge is 0.507 e. The number of hydrogen-bond acceptors (Lipinski definition) is 5. The van der Waals surface area contributed by atoms with Gasteiger partial charge < -0.3 is 14.6 Å². The normalized spacial score (nSPS) is 11.7. The number of amidine groups is 1. The second-order valence-electron chi connectivity index (χ2n) is 4.06. The quantitative estimate of drug-likeness (QED) is 0.253. The van der Waals surface area contributed by atoms with E-state index in [1.54, 1.807) is 38.6 Å². The van der Waals surface area contributed by atoms with Gasteiger partial charge in [-0.3, -0.25) is 9.83 Å². The zero-order valence-corrected chi connectivity index (χ0v) is 12.6. The van der Waals surface area contributed by atoms with Crippen LogP contribution in [0.25, 0.3) is 0 Å². The highest BCUT2D eigenvalue weighted by atomic mass is 16.7. The molecule has 1 aromatic rings. The molecule has 116 valence electrons. The first-order valence-corrected chi connectivity index (χ1v) is 6.71. The highest BCUT2D eigenvalue weighted by Crippen LogP contribution is 2.22. The van der Waals surface area contributed by atoms with Crippen LogP contribution in [-0.4, -0.2) is 38.3 Å². The fraction of sp³-hybridized carbons (Fsp3) is 0.400. The molecule has 6 nitrogen and oxygen atoms in total. The minimum atomic E-state index is 0.0922. The average Bonchev–Trinajstić information content (AvgIpc) is 2.51. The molecule has 21 heavy (non-hydrogen) atoms. The van der Waals surface area contributed by atoms with Gasteiger partial charge in [0.2, 0.25) is 0 Å². The zero-order valence-electron chi connectivity index (χ0n) is 12.6. The Balaban J connectivity index is 2.50. The Morgan fingerprint density at radius 2 is 2.19 bits per heavy atom. The van der Waals surface area contributed by atoms with Crippen molar-refractivity contribution in [3.8, 4) is 11.5 Å². The third-order valence-corrected chi connectivity index (χ3v) is 2.58. The predicted molar refractivity (Wildman–Crippen MR) is 81.6 cm³/mol. The first kappa shape index (κ1) is 16.8. The van der Waals surface area contributed by atoms with Crippen molar-refractivity contribution < 1.29 is 19.4 Å². The van der Waals surface area contributed by atoms with E-state index in [9.17, 15) is 5.11 Å². The molecule has 0 heterocycles. The molecule has 0 aliphatic rings. The van der Waals surface area contributed by atoms with Crippen LogP contribution >= 0.6 is 0 Å². The van der Waals surface area contributed by atoms with Gasteiger partial charge in [0.05, 0.1) is 18.9 Å². The van der Waals surface area contributed by atoms with Crippen LogP contribution in [0, 0.1) is 0 Å². The van der Waals surface area contributed by atoms with Crippen molar-refractivity contribution in [2.24, 2.45) is 4.99 Å². The van der Waals surface area contributed by atoms with Crippen molar-refractivity contribution in [2.45, 2.75) is 13.3 Å². The van der Waals surface area contributed by atoms with E-state index in [1.807, 2.05) is 13.0 Å². The zero-order chi connectivity index (χ0) is 15.5. The van der Waals surface area contributed by atoms with Gasteiger partial charge in [0, 0.05) is 7.05 Å². The number of allylic oxidation sites excluding steroid dienone is 1. The van der Waals surface area contributed by atoms with Gasteiger partial charge in [0.15, 0.2) is 5.84 Å². The van der Waals surface area contributed by atoms with E-state index in [2.05, 4.69) is 10.5 Å². The maximum atomic E-state index is 9.87. The van der Waals surface area contributed by atoms with Crippen molar-refractivity contribution in [2.75, 3.05) is 27.4 Å². The second-order valence-corrected chi connectivity index (χ2v) is 4.06. The number of nitrogens with one attached hydrogen (secondary N) is 1. The lowest BCUT2D eigenvalue weighted by Gasteiger charge is -2.12. The fourth-order valence-electron chi connectivity index (χ4n) is 1.49. The molecule has 0 atom stereocenters. The number of benzene rings is 1. The Morgan fingerprint density at radius 3 is 2.86 bits per heavy atom. The molecule has 0 spiro atoms. The van der Waals surface area contributed by atoms with E-state index < -0.39 is 0 Å². The summed E-state index contributed by atoms with van der Waals surface area (Å²) in [4.78, 5) is 9.31. The Hall–Kier alpha value is -2.21. The van der Waals surface area contributed by atoms with E-state index in [-0.39, 0.29) is 5.75 Å². The molecule has 0 aliphatic heterocycles. The Bertz CT molecular complexity index is 487. The van der Waals surface area contributed by atoms with Gasteiger partial charge in [-0.2, -0.15) is 0 Å². The first-order valence-electron chi connectivity index (χ1n) is 6.71. The topological polar surface area (TPSA) is 72.3 Å². The van der Waals surface area contributed by atoms with Crippen LogP contribution in [-0.2, 0) is 9.57 Å². The molecule has 0 saturated carbocycles. The fourth-order valence-corrected chi connectivity index (χ4v) is 1.49. The molecule has 0 aliphatic carbocycles. The number of hydrogen-bond donors (Lipinski definition) is 2. The number of phenols is 1. The number of phenolic OH excluding ortho intramolecular Hbond substituents is 1. The van der Waals surface area contributed by atoms with Gasteiger partial charge in [-0.1, -0.05) is 13.0 Å². The molecule has 0 radical (unpaired) electrons. The van der Waals surface area contributed by atoms with Gasteiger partial charge in [-0.15, -0.1) is 0 Å². The highest BCUT2D eigenvalue weighted by molar-refractivity contribution is 6.00. The number of ether oxygens (including phenoxy) is 2. The van der Waals surface area contributed by atoms with Gasteiger partial charge >= 0.3 is 0 Å². The lowest BCUT2D eigenvalue weighted by atomic mass is 10.1. The van der Waals surface area contributed by atoms with Crippen LogP contribution < -0.4 is 10.2 Å². The Kier molecular flexibility index (Phi) is 7.74. The SMILES string of the molecule is CC/C=C\OCCONC(=NC)c1cc(OC)ccc1O. The van der Waals surface area contributed by atoms with Crippen molar-refractivity contribution in [3.63, 3.8) is 0 Å². The van der Waals surface area contributed by atoms with E-state index in [1.165, 1.54) is 0 Å². The summed E-state index contributed by atoms with van der Waals surface area (Å²) in [6.07, 6.45) is 4.49. The summed E-state index contributed by atoms with van der Waals surface area (Å²) < 4.78 is 10.3. The lowest BCUT2D eigenvalue weighted by molar-refractivity contribution is 0.0483. The molecule has 2 N–H and O–H groups in total.